The molecule has 2 aromatic rings. The maximum Gasteiger partial charge on any atom is 0.178 e. The average molecular weight is 272 g/mol. The van der Waals surface area contributed by atoms with Crippen molar-refractivity contribution in [1.29, 1.82) is 0 Å². The third-order valence-electron chi connectivity index (χ3n) is 2.01. The van der Waals surface area contributed by atoms with Crippen LogP contribution < -0.4 is 5.73 Å². The van der Waals surface area contributed by atoms with Gasteiger partial charge < -0.3 is 5.73 Å². The molecule has 0 amide bonds. The molecular weight excluding hydrogens is 262 g/mol. The Labute approximate surface area is 107 Å². The molecule has 3 nitrogen and oxygen atoms in total. The molecule has 16 heavy (non-hydrogen) atoms. The van der Waals surface area contributed by atoms with E-state index in [0.29, 0.717) is 5.02 Å². The number of hydrogen-bond donors (Lipinski definition) is 1. The Morgan fingerprint density at radius 2 is 2.31 bits per heavy atom. The lowest BCUT2D eigenvalue weighted by Gasteiger charge is -2.08. The lowest BCUT2D eigenvalue weighted by molar-refractivity contribution is 0.817. The Hall–Kier alpha value is -0.620. The zero-order chi connectivity index (χ0) is 11.5. The first-order chi connectivity index (χ1) is 7.66. The summed E-state index contributed by atoms with van der Waals surface area (Å²) in [6, 6.07) is 5.81. The number of nitrogens with zero attached hydrogens (tertiary/aromatic N) is 2. The second-order valence-electron chi connectivity index (χ2n) is 3.28. The molecule has 2 N–H and O–H groups in total. The van der Waals surface area contributed by atoms with Crippen molar-refractivity contribution in [3.63, 3.8) is 0 Å². The molecule has 84 valence electrons. The fraction of sp³-hybridized carbons (Fsp3) is 0.200. The van der Waals surface area contributed by atoms with Crippen molar-refractivity contribution in [1.82, 2.24) is 10.2 Å². The van der Waals surface area contributed by atoms with E-state index in [1.165, 1.54) is 11.3 Å². The van der Waals surface area contributed by atoms with E-state index in [0.717, 1.165) is 14.8 Å². The highest BCUT2D eigenvalue weighted by Gasteiger charge is 2.07. The SMILES string of the molecule is CC(N)c1ccc(Sc2nncs2)cc1Cl. The van der Waals surface area contributed by atoms with Crippen LogP contribution in [-0.2, 0) is 0 Å². The molecule has 0 saturated heterocycles. The lowest BCUT2D eigenvalue weighted by Crippen LogP contribution is -2.05. The number of benzene rings is 1. The van der Waals surface area contributed by atoms with Crippen LogP contribution in [-0.4, -0.2) is 10.2 Å². The standard InChI is InChI=1S/C10H10ClN3S2/c1-6(12)8-3-2-7(4-9(8)11)16-10-14-13-5-15-10/h2-6H,12H2,1H3. The molecule has 0 aliphatic carbocycles. The maximum absolute atomic E-state index is 6.14. The molecule has 0 bridgehead atoms. The monoisotopic (exact) mass is 271 g/mol. The zero-order valence-corrected chi connectivity index (χ0v) is 10.9. The Morgan fingerprint density at radius 3 is 2.88 bits per heavy atom. The number of nitrogens with two attached hydrogens (primary N) is 1. The first kappa shape index (κ1) is 11.9. The summed E-state index contributed by atoms with van der Waals surface area (Å²) in [6.45, 7) is 1.92. The minimum Gasteiger partial charge on any atom is -0.324 e. The van der Waals surface area contributed by atoms with Gasteiger partial charge in [0.2, 0.25) is 0 Å². The van der Waals surface area contributed by atoms with E-state index >= 15 is 0 Å². The minimum atomic E-state index is -0.0481. The molecule has 2 rings (SSSR count). The number of rotatable bonds is 3. The molecule has 0 saturated carbocycles. The van der Waals surface area contributed by atoms with E-state index in [-0.39, 0.29) is 6.04 Å². The molecule has 1 aromatic carbocycles. The highest BCUT2D eigenvalue weighted by Crippen LogP contribution is 2.32. The topological polar surface area (TPSA) is 51.8 Å². The first-order valence-electron chi connectivity index (χ1n) is 4.66. The van der Waals surface area contributed by atoms with Crippen molar-refractivity contribution in [3.05, 3.63) is 34.3 Å². The van der Waals surface area contributed by atoms with Crippen molar-refractivity contribution in [3.8, 4) is 0 Å². The van der Waals surface area contributed by atoms with Crippen LogP contribution >= 0.6 is 34.7 Å². The smallest absolute Gasteiger partial charge is 0.178 e. The molecule has 1 heterocycles. The van der Waals surface area contributed by atoms with Gasteiger partial charge in [0.15, 0.2) is 4.34 Å². The minimum absolute atomic E-state index is 0.0481. The molecule has 1 unspecified atom stereocenters. The van der Waals surface area contributed by atoms with Gasteiger partial charge in [0, 0.05) is 16.0 Å². The fourth-order valence-corrected chi connectivity index (χ4v) is 3.16. The second-order valence-corrected chi connectivity index (χ2v) is 5.84. The maximum atomic E-state index is 6.14. The van der Waals surface area contributed by atoms with Crippen LogP contribution in [0.2, 0.25) is 5.02 Å². The van der Waals surface area contributed by atoms with Crippen LogP contribution in [0.15, 0.2) is 32.9 Å². The van der Waals surface area contributed by atoms with Crippen LogP contribution in [0.1, 0.15) is 18.5 Å². The van der Waals surface area contributed by atoms with Gasteiger partial charge in [0.1, 0.15) is 5.51 Å². The number of hydrogen-bond acceptors (Lipinski definition) is 5. The van der Waals surface area contributed by atoms with Gasteiger partial charge in [-0.2, -0.15) is 0 Å². The van der Waals surface area contributed by atoms with Crippen molar-refractivity contribution >= 4 is 34.7 Å². The summed E-state index contributed by atoms with van der Waals surface area (Å²) < 4.78 is 0.907. The summed E-state index contributed by atoms with van der Waals surface area (Å²) in [5, 5.41) is 8.44. The second kappa shape index (κ2) is 5.14. The quantitative estimate of drug-likeness (QED) is 0.930. The molecular formula is C10H10ClN3S2. The molecule has 1 aromatic heterocycles. The van der Waals surface area contributed by atoms with Crippen LogP contribution in [0.4, 0.5) is 0 Å². The molecule has 0 aliphatic rings. The fourth-order valence-electron chi connectivity index (χ4n) is 1.25. The highest BCUT2D eigenvalue weighted by molar-refractivity contribution is 8.01. The molecule has 0 fully saturated rings. The van der Waals surface area contributed by atoms with E-state index in [2.05, 4.69) is 10.2 Å². The van der Waals surface area contributed by atoms with E-state index in [9.17, 15) is 0 Å². The number of aromatic nitrogens is 2. The van der Waals surface area contributed by atoms with Gasteiger partial charge in [-0.15, -0.1) is 10.2 Å². The van der Waals surface area contributed by atoms with Crippen LogP contribution in [0, 0.1) is 0 Å². The largest absolute Gasteiger partial charge is 0.324 e. The molecule has 0 radical (unpaired) electrons. The normalized spacial score (nSPS) is 12.7. The van der Waals surface area contributed by atoms with Gasteiger partial charge in [0.05, 0.1) is 0 Å². The van der Waals surface area contributed by atoms with Crippen LogP contribution in [0.25, 0.3) is 0 Å². The predicted octanol–water partition coefficient (Wildman–Crippen LogP) is 3.36. The molecule has 0 aliphatic heterocycles. The summed E-state index contributed by atoms with van der Waals surface area (Å²) in [5.41, 5.74) is 8.46. The van der Waals surface area contributed by atoms with E-state index in [1.54, 1.807) is 17.3 Å². The molecule has 0 spiro atoms. The van der Waals surface area contributed by atoms with Crippen molar-refractivity contribution in [2.24, 2.45) is 5.73 Å². The highest BCUT2D eigenvalue weighted by atomic mass is 35.5. The Bertz CT molecular complexity index is 471. The van der Waals surface area contributed by atoms with Crippen molar-refractivity contribution in [2.75, 3.05) is 0 Å². The van der Waals surface area contributed by atoms with Crippen LogP contribution in [0.5, 0.6) is 0 Å². The molecule has 6 heteroatoms. The lowest BCUT2D eigenvalue weighted by atomic mass is 10.1. The number of halogens is 1. The van der Waals surface area contributed by atoms with Crippen molar-refractivity contribution in [2.45, 2.75) is 22.2 Å². The van der Waals surface area contributed by atoms with Gasteiger partial charge >= 0.3 is 0 Å². The molecule has 1 atom stereocenters. The summed E-state index contributed by atoms with van der Waals surface area (Å²) in [4.78, 5) is 1.05. The van der Waals surface area contributed by atoms with Gasteiger partial charge in [-0.05, 0) is 24.6 Å². The predicted molar refractivity (Wildman–Crippen MR) is 68.1 cm³/mol. The van der Waals surface area contributed by atoms with Gasteiger partial charge in [-0.1, -0.05) is 40.8 Å². The third-order valence-corrected chi connectivity index (χ3v) is 4.10. The van der Waals surface area contributed by atoms with Gasteiger partial charge in [-0.3, -0.25) is 0 Å². The Kier molecular flexibility index (Phi) is 3.81. The van der Waals surface area contributed by atoms with Crippen molar-refractivity contribution < 1.29 is 0 Å². The Balaban J connectivity index is 2.21. The summed E-state index contributed by atoms with van der Waals surface area (Å²) in [6.07, 6.45) is 0. The van der Waals surface area contributed by atoms with E-state index in [4.69, 9.17) is 17.3 Å². The Morgan fingerprint density at radius 1 is 1.50 bits per heavy atom. The van der Waals surface area contributed by atoms with Gasteiger partial charge in [0.25, 0.3) is 0 Å². The first-order valence-corrected chi connectivity index (χ1v) is 6.73. The van der Waals surface area contributed by atoms with E-state index < -0.39 is 0 Å². The average Bonchev–Trinajstić information content (AvgIpc) is 2.70. The summed E-state index contributed by atoms with van der Waals surface area (Å²) in [7, 11) is 0. The zero-order valence-electron chi connectivity index (χ0n) is 8.55. The van der Waals surface area contributed by atoms with Gasteiger partial charge in [-0.25, -0.2) is 0 Å². The van der Waals surface area contributed by atoms with Crippen LogP contribution in [0.3, 0.4) is 0 Å². The summed E-state index contributed by atoms with van der Waals surface area (Å²) in [5.74, 6) is 0. The summed E-state index contributed by atoms with van der Waals surface area (Å²) >= 11 is 9.19. The van der Waals surface area contributed by atoms with E-state index in [1.807, 2.05) is 25.1 Å². The third kappa shape index (κ3) is 2.74.